The van der Waals surface area contributed by atoms with Crippen LogP contribution in [0.2, 0.25) is 0 Å². The third-order valence-electron chi connectivity index (χ3n) is 3.93. The first-order valence-corrected chi connectivity index (χ1v) is 8.72. The number of aromatic nitrogens is 2. The van der Waals surface area contributed by atoms with Crippen LogP contribution in [0.5, 0.6) is 0 Å². The Morgan fingerprint density at radius 2 is 2.00 bits per heavy atom. The normalized spacial score (nSPS) is 11.0. The van der Waals surface area contributed by atoms with E-state index in [0.717, 1.165) is 23.2 Å². The Balaban J connectivity index is 2.14. The van der Waals surface area contributed by atoms with Crippen LogP contribution in [-0.2, 0) is 0 Å². The van der Waals surface area contributed by atoms with Gasteiger partial charge in [-0.3, -0.25) is 14.0 Å². The van der Waals surface area contributed by atoms with Crippen molar-refractivity contribution in [1.82, 2.24) is 14.3 Å². The molecule has 0 bridgehead atoms. The highest BCUT2D eigenvalue weighted by atomic mass is 32.1. The molecule has 0 saturated heterocycles. The number of hydrogen-bond acceptors (Lipinski definition) is 4. The number of fused-ring (bicyclic) bond motifs is 1. The summed E-state index contributed by atoms with van der Waals surface area (Å²) in [7, 11) is 1.70. The highest BCUT2D eigenvalue weighted by molar-refractivity contribution is 7.15. The van der Waals surface area contributed by atoms with Gasteiger partial charge in [-0.15, -0.1) is 11.3 Å². The van der Waals surface area contributed by atoms with E-state index < -0.39 is 0 Å². The summed E-state index contributed by atoms with van der Waals surface area (Å²) in [6, 6.07) is 7.95. The van der Waals surface area contributed by atoms with Crippen molar-refractivity contribution >= 4 is 22.2 Å². The summed E-state index contributed by atoms with van der Waals surface area (Å²) >= 11 is 1.39. The van der Waals surface area contributed by atoms with Crippen LogP contribution < -0.4 is 5.56 Å². The van der Waals surface area contributed by atoms with E-state index in [2.05, 4.69) is 4.98 Å². The van der Waals surface area contributed by atoms with Gasteiger partial charge < -0.3 is 4.90 Å². The summed E-state index contributed by atoms with van der Waals surface area (Å²) < 4.78 is 1.53. The molecule has 2 aromatic heterocycles. The van der Waals surface area contributed by atoms with Crippen LogP contribution in [-0.4, -0.2) is 33.8 Å². The van der Waals surface area contributed by atoms with Crippen LogP contribution in [0.3, 0.4) is 0 Å². The predicted molar refractivity (Wildman–Crippen MR) is 96.8 cm³/mol. The number of carbonyl (C=O) groups excluding carboxylic acids is 1. The molecule has 0 aliphatic rings. The number of benzene rings is 1. The zero-order chi connectivity index (χ0) is 17.3. The van der Waals surface area contributed by atoms with Gasteiger partial charge >= 0.3 is 0 Å². The molecule has 5 nitrogen and oxygen atoms in total. The minimum Gasteiger partial charge on any atom is -0.341 e. The Morgan fingerprint density at radius 1 is 1.29 bits per heavy atom. The summed E-state index contributed by atoms with van der Waals surface area (Å²) in [4.78, 5) is 31.8. The smallest absolute Gasteiger partial charge is 0.271 e. The minimum absolute atomic E-state index is 0.107. The molecule has 3 rings (SSSR count). The molecule has 3 aromatic rings. The zero-order valence-electron chi connectivity index (χ0n) is 13.9. The van der Waals surface area contributed by atoms with Crippen molar-refractivity contribution in [2.75, 3.05) is 13.6 Å². The molecule has 1 aromatic carbocycles. The molecular weight excluding hydrogens is 322 g/mol. The van der Waals surface area contributed by atoms with Gasteiger partial charge in [0.2, 0.25) is 0 Å². The summed E-state index contributed by atoms with van der Waals surface area (Å²) in [6.45, 7) is 4.62. The van der Waals surface area contributed by atoms with Crippen molar-refractivity contribution in [3.8, 4) is 11.3 Å². The number of hydrogen-bond donors (Lipinski definition) is 0. The lowest BCUT2D eigenvalue weighted by Crippen LogP contribution is -2.33. The van der Waals surface area contributed by atoms with Crippen molar-refractivity contribution in [1.29, 1.82) is 0 Å². The van der Waals surface area contributed by atoms with E-state index in [1.165, 1.54) is 21.9 Å². The maximum absolute atomic E-state index is 12.9. The molecule has 0 N–H and O–H groups in total. The molecule has 0 saturated carbocycles. The molecular formula is C18H19N3O2S. The van der Waals surface area contributed by atoms with Gasteiger partial charge in [0.25, 0.3) is 11.5 Å². The van der Waals surface area contributed by atoms with Crippen molar-refractivity contribution in [3.63, 3.8) is 0 Å². The number of nitrogens with zero attached hydrogens (tertiary/aromatic N) is 3. The molecule has 0 radical (unpaired) electrons. The Bertz CT molecular complexity index is 941. The molecule has 1 amide bonds. The molecule has 0 atom stereocenters. The third kappa shape index (κ3) is 2.85. The standard InChI is InChI=1S/C18H19N3O2S/c1-4-9-20(3)16(22)14-10-19-18-21(17(14)23)15(11-24-18)13-7-5-12(2)6-8-13/h5-8,10-11H,4,9H2,1-3H3. The molecule has 6 heteroatoms. The van der Waals surface area contributed by atoms with Crippen molar-refractivity contribution in [2.24, 2.45) is 0 Å². The first-order chi connectivity index (χ1) is 11.5. The first kappa shape index (κ1) is 16.4. The maximum Gasteiger partial charge on any atom is 0.271 e. The van der Waals surface area contributed by atoms with Crippen molar-refractivity contribution < 1.29 is 4.79 Å². The van der Waals surface area contributed by atoms with Gasteiger partial charge in [0.05, 0.1) is 5.69 Å². The largest absolute Gasteiger partial charge is 0.341 e. The van der Waals surface area contributed by atoms with E-state index >= 15 is 0 Å². The highest BCUT2D eigenvalue weighted by Crippen LogP contribution is 2.24. The maximum atomic E-state index is 12.9. The first-order valence-electron chi connectivity index (χ1n) is 7.84. The van der Waals surface area contributed by atoms with Gasteiger partial charge in [-0.05, 0) is 18.9 Å². The van der Waals surface area contributed by atoms with Gasteiger partial charge in [-0.25, -0.2) is 4.98 Å². The fourth-order valence-electron chi connectivity index (χ4n) is 2.61. The lowest BCUT2D eigenvalue weighted by molar-refractivity contribution is 0.0793. The summed E-state index contributed by atoms with van der Waals surface area (Å²) in [5, 5.41) is 1.90. The topological polar surface area (TPSA) is 54.7 Å². The second-order valence-electron chi connectivity index (χ2n) is 5.81. The monoisotopic (exact) mass is 341 g/mol. The molecule has 0 fully saturated rings. The van der Waals surface area contributed by atoms with E-state index in [1.807, 2.05) is 43.5 Å². The average molecular weight is 341 g/mol. The van der Waals surface area contributed by atoms with Gasteiger partial charge in [0.15, 0.2) is 4.96 Å². The van der Waals surface area contributed by atoms with Crippen molar-refractivity contribution in [3.05, 3.63) is 57.3 Å². The quantitative estimate of drug-likeness (QED) is 0.732. The zero-order valence-corrected chi connectivity index (χ0v) is 14.8. The number of carbonyl (C=O) groups is 1. The summed E-state index contributed by atoms with van der Waals surface area (Å²) in [5.74, 6) is -0.287. The lowest BCUT2D eigenvalue weighted by Gasteiger charge is -2.15. The summed E-state index contributed by atoms with van der Waals surface area (Å²) in [5.41, 5.74) is 2.64. The van der Waals surface area contributed by atoms with E-state index in [9.17, 15) is 9.59 Å². The molecule has 124 valence electrons. The van der Waals surface area contributed by atoms with Crippen LogP contribution in [0.15, 0.2) is 40.6 Å². The van der Waals surface area contributed by atoms with Crippen LogP contribution in [0, 0.1) is 6.92 Å². The molecule has 0 spiro atoms. The number of thiazole rings is 1. The van der Waals surface area contributed by atoms with Gasteiger partial charge in [0.1, 0.15) is 5.56 Å². The molecule has 2 heterocycles. The van der Waals surface area contributed by atoms with E-state index in [1.54, 1.807) is 11.9 Å². The summed E-state index contributed by atoms with van der Waals surface area (Å²) in [6.07, 6.45) is 2.23. The van der Waals surface area contributed by atoms with Crippen molar-refractivity contribution in [2.45, 2.75) is 20.3 Å². The molecule has 0 aliphatic heterocycles. The second kappa shape index (κ2) is 6.57. The van der Waals surface area contributed by atoms with Crippen LogP contribution in [0.1, 0.15) is 29.3 Å². The molecule has 24 heavy (non-hydrogen) atoms. The van der Waals surface area contributed by atoms with Gasteiger partial charge in [-0.1, -0.05) is 36.8 Å². The fourth-order valence-corrected chi connectivity index (χ4v) is 3.47. The lowest BCUT2D eigenvalue weighted by atomic mass is 10.1. The Kier molecular flexibility index (Phi) is 4.49. The predicted octanol–water partition coefficient (Wildman–Crippen LogP) is 3.21. The molecule has 0 aliphatic carbocycles. The van der Waals surface area contributed by atoms with Crippen LogP contribution in [0.4, 0.5) is 0 Å². The highest BCUT2D eigenvalue weighted by Gasteiger charge is 2.19. The van der Waals surface area contributed by atoms with E-state index in [4.69, 9.17) is 0 Å². The Labute approximate surface area is 144 Å². The number of rotatable bonds is 4. The second-order valence-corrected chi connectivity index (χ2v) is 6.65. The average Bonchev–Trinajstić information content (AvgIpc) is 3.00. The number of aryl methyl sites for hydroxylation is 1. The van der Waals surface area contributed by atoms with Crippen LogP contribution >= 0.6 is 11.3 Å². The van der Waals surface area contributed by atoms with E-state index in [0.29, 0.717) is 11.5 Å². The Morgan fingerprint density at radius 3 is 2.67 bits per heavy atom. The third-order valence-corrected chi connectivity index (χ3v) is 4.77. The van der Waals surface area contributed by atoms with Crippen LogP contribution in [0.25, 0.3) is 16.2 Å². The fraction of sp³-hybridized carbons (Fsp3) is 0.278. The van der Waals surface area contributed by atoms with Gasteiger partial charge in [0, 0.05) is 25.2 Å². The SMILES string of the molecule is CCCN(C)C(=O)c1cnc2scc(-c3ccc(C)cc3)n2c1=O. The number of amides is 1. The molecule has 0 unspecified atom stereocenters. The minimum atomic E-state index is -0.315. The van der Waals surface area contributed by atoms with Gasteiger partial charge in [-0.2, -0.15) is 0 Å². The Hall–Kier alpha value is -2.47. The van der Waals surface area contributed by atoms with E-state index in [-0.39, 0.29) is 17.0 Å².